The molecule has 4 saturated heterocycles. The Morgan fingerprint density at radius 2 is 1.57 bits per heavy atom. The van der Waals surface area contributed by atoms with Crippen molar-refractivity contribution in [3.8, 4) is 0 Å². The van der Waals surface area contributed by atoms with Gasteiger partial charge in [0.15, 0.2) is 0 Å². The summed E-state index contributed by atoms with van der Waals surface area (Å²) in [5.74, 6) is 0. The van der Waals surface area contributed by atoms with Gasteiger partial charge < -0.3 is 20.1 Å². The Balaban J connectivity index is 0.0000000914. The highest BCUT2D eigenvalue weighted by molar-refractivity contribution is 4.99. The molecule has 0 saturated carbocycles. The first-order valence-corrected chi connectivity index (χ1v) is 5.46. The molecule has 0 radical (unpaired) electrons. The second kappa shape index (κ2) is 3.17. The van der Waals surface area contributed by atoms with Gasteiger partial charge in [-0.05, 0) is 0 Å². The molecule has 0 aromatic rings. The number of ether oxygens (including phenoxy) is 2. The first-order chi connectivity index (χ1) is 6.83. The zero-order chi connectivity index (χ0) is 9.49. The number of rotatable bonds is 0. The summed E-state index contributed by atoms with van der Waals surface area (Å²) in [7, 11) is 0. The van der Waals surface area contributed by atoms with Crippen LogP contribution in [-0.4, -0.2) is 51.6 Å². The second-order valence-corrected chi connectivity index (χ2v) is 4.98. The summed E-state index contributed by atoms with van der Waals surface area (Å²) < 4.78 is 10.3. The normalized spacial score (nSPS) is 34.3. The molecule has 4 heterocycles. The van der Waals surface area contributed by atoms with Crippen LogP contribution in [0.4, 0.5) is 0 Å². The summed E-state index contributed by atoms with van der Waals surface area (Å²) in [4.78, 5) is 0. The van der Waals surface area contributed by atoms with E-state index in [-0.39, 0.29) is 0 Å². The second-order valence-electron chi connectivity index (χ2n) is 4.98. The lowest BCUT2D eigenvalue weighted by Crippen LogP contribution is -2.66. The third-order valence-corrected chi connectivity index (χ3v) is 3.68. The van der Waals surface area contributed by atoms with Crippen LogP contribution in [0.5, 0.6) is 0 Å². The third kappa shape index (κ3) is 1.37. The molecule has 4 rings (SSSR count). The molecule has 4 nitrogen and oxygen atoms in total. The van der Waals surface area contributed by atoms with Crippen molar-refractivity contribution in [3.63, 3.8) is 0 Å². The summed E-state index contributed by atoms with van der Waals surface area (Å²) in [6.07, 6.45) is 1.28. The van der Waals surface area contributed by atoms with Crippen molar-refractivity contribution in [1.29, 1.82) is 0 Å². The van der Waals surface area contributed by atoms with Gasteiger partial charge in [0.2, 0.25) is 0 Å². The fourth-order valence-electron chi connectivity index (χ4n) is 2.15. The summed E-state index contributed by atoms with van der Waals surface area (Å²) >= 11 is 0. The van der Waals surface area contributed by atoms with Crippen LogP contribution in [-0.2, 0) is 9.47 Å². The predicted molar refractivity (Wildman–Crippen MR) is 52.3 cm³/mol. The molecule has 0 bridgehead atoms. The molecular formula is C10H18N2O2. The van der Waals surface area contributed by atoms with Crippen LogP contribution in [0.25, 0.3) is 0 Å². The van der Waals surface area contributed by atoms with E-state index in [0.29, 0.717) is 11.0 Å². The van der Waals surface area contributed by atoms with E-state index in [9.17, 15) is 0 Å². The van der Waals surface area contributed by atoms with E-state index in [1.807, 2.05) is 0 Å². The standard InChI is InChI=1S/2C5H9NO/c1-5(2-6-1)3-7-4-5;1-2-7-5(1)3-6-4-5/h2*6H,1-4H2. The van der Waals surface area contributed by atoms with Crippen molar-refractivity contribution >= 4 is 0 Å². The minimum atomic E-state index is 0.333. The molecule has 0 aliphatic carbocycles. The van der Waals surface area contributed by atoms with Gasteiger partial charge in [0.25, 0.3) is 0 Å². The van der Waals surface area contributed by atoms with E-state index >= 15 is 0 Å². The SMILES string of the molecule is C1CC2(CNC2)O1.C1NCC12COC2. The van der Waals surface area contributed by atoms with Gasteiger partial charge in [-0.25, -0.2) is 0 Å². The topological polar surface area (TPSA) is 42.5 Å². The van der Waals surface area contributed by atoms with Gasteiger partial charge in [-0.15, -0.1) is 0 Å². The molecule has 0 atom stereocenters. The van der Waals surface area contributed by atoms with E-state index in [4.69, 9.17) is 9.47 Å². The maximum atomic E-state index is 5.29. The van der Waals surface area contributed by atoms with Gasteiger partial charge in [0.05, 0.1) is 25.4 Å². The van der Waals surface area contributed by atoms with Gasteiger partial charge in [0.1, 0.15) is 0 Å². The molecule has 4 fully saturated rings. The van der Waals surface area contributed by atoms with Crippen molar-refractivity contribution in [2.75, 3.05) is 46.0 Å². The molecule has 2 spiro atoms. The third-order valence-electron chi connectivity index (χ3n) is 3.68. The van der Waals surface area contributed by atoms with Crippen molar-refractivity contribution in [1.82, 2.24) is 10.6 Å². The number of nitrogens with one attached hydrogen (secondary N) is 2. The largest absolute Gasteiger partial charge is 0.380 e. The molecule has 0 unspecified atom stereocenters. The van der Waals surface area contributed by atoms with Crippen LogP contribution in [0.3, 0.4) is 0 Å². The highest BCUT2D eigenvalue weighted by Gasteiger charge is 2.44. The van der Waals surface area contributed by atoms with E-state index in [0.717, 1.165) is 32.9 Å². The lowest BCUT2D eigenvalue weighted by atomic mass is 9.80. The number of hydrogen-bond donors (Lipinski definition) is 2. The molecule has 2 N–H and O–H groups in total. The minimum Gasteiger partial charge on any atom is -0.380 e. The smallest absolute Gasteiger partial charge is 0.0951 e. The zero-order valence-corrected chi connectivity index (χ0v) is 8.47. The molecule has 4 heteroatoms. The Kier molecular flexibility index (Phi) is 2.06. The summed E-state index contributed by atoms with van der Waals surface area (Å²) in [6.45, 7) is 7.54. The van der Waals surface area contributed by atoms with Crippen molar-refractivity contribution in [2.24, 2.45) is 5.41 Å². The Labute approximate surface area is 84.3 Å². The van der Waals surface area contributed by atoms with E-state index in [2.05, 4.69) is 10.6 Å². The summed E-state index contributed by atoms with van der Waals surface area (Å²) in [5, 5.41) is 6.40. The van der Waals surface area contributed by atoms with Crippen LogP contribution >= 0.6 is 0 Å². The first-order valence-electron chi connectivity index (χ1n) is 5.46. The molecular weight excluding hydrogens is 180 g/mol. The molecule has 80 valence electrons. The van der Waals surface area contributed by atoms with Crippen LogP contribution in [0.15, 0.2) is 0 Å². The molecule has 0 amide bonds. The molecule has 14 heavy (non-hydrogen) atoms. The predicted octanol–water partition coefficient (Wildman–Crippen LogP) is -0.645. The van der Waals surface area contributed by atoms with Crippen molar-refractivity contribution < 1.29 is 9.47 Å². The average molecular weight is 198 g/mol. The van der Waals surface area contributed by atoms with Gasteiger partial charge >= 0.3 is 0 Å². The van der Waals surface area contributed by atoms with Crippen LogP contribution in [0, 0.1) is 5.41 Å². The monoisotopic (exact) mass is 198 g/mol. The van der Waals surface area contributed by atoms with Gasteiger partial charge in [-0.2, -0.15) is 0 Å². The average Bonchev–Trinajstić information content (AvgIpc) is 1.71. The highest BCUT2D eigenvalue weighted by Crippen LogP contribution is 2.30. The zero-order valence-electron chi connectivity index (χ0n) is 8.47. The Morgan fingerprint density at radius 1 is 0.929 bits per heavy atom. The van der Waals surface area contributed by atoms with Gasteiger partial charge in [-0.3, -0.25) is 0 Å². The first kappa shape index (κ1) is 9.09. The molecule has 0 aromatic heterocycles. The fourth-order valence-corrected chi connectivity index (χ4v) is 2.15. The Bertz CT molecular complexity index is 161. The summed E-state index contributed by atoms with van der Waals surface area (Å²) in [5.41, 5.74) is 0.944. The Hall–Kier alpha value is -0.160. The maximum Gasteiger partial charge on any atom is 0.0951 e. The fraction of sp³-hybridized carbons (Fsp3) is 1.00. The van der Waals surface area contributed by atoms with Crippen molar-refractivity contribution in [2.45, 2.75) is 12.0 Å². The van der Waals surface area contributed by atoms with Crippen LogP contribution < -0.4 is 10.6 Å². The lowest BCUT2D eigenvalue weighted by molar-refractivity contribution is -0.173. The number of hydrogen-bond acceptors (Lipinski definition) is 4. The molecule has 4 aliphatic rings. The molecule has 0 aromatic carbocycles. The maximum absolute atomic E-state index is 5.29. The van der Waals surface area contributed by atoms with Gasteiger partial charge in [-0.1, -0.05) is 0 Å². The van der Waals surface area contributed by atoms with Crippen molar-refractivity contribution in [3.05, 3.63) is 0 Å². The Morgan fingerprint density at radius 3 is 1.57 bits per heavy atom. The van der Waals surface area contributed by atoms with E-state index in [1.165, 1.54) is 19.5 Å². The highest BCUT2D eigenvalue weighted by atomic mass is 16.5. The minimum absolute atomic E-state index is 0.333. The van der Waals surface area contributed by atoms with Crippen LogP contribution in [0.2, 0.25) is 0 Å². The lowest BCUT2D eigenvalue weighted by Gasteiger charge is -2.49. The quantitative estimate of drug-likeness (QED) is 0.543. The molecule has 4 aliphatic heterocycles. The van der Waals surface area contributed by atoms with Gasteiger partial charge in [0, 0.05) is 38.0 Å². The summed E-state index contributed by atoms with van der Waals surface area (Å²) in [6, 6.07) is 0. The van der Waals surface area contributed by atoms with Crippen LogP contribution in [0.1, 0.15) is 6.42 Å². The van der Waals surface area contributed by atoms with E-state index < -0.39 is 0 Å². The van der Waals surface area contributed by atoms with E-state index in [1.54, 1.807) is 0 Å².